The van der Waals surface area contributed by atoms with Crippen LogP contribution in [-0.2, 0) is 7.05 Å². The molecule has 0 aliphatic rings. The molecule has 6 nitrogen and oxygen atoms in total. The lowest BCUT2D eigenvalue weighted by molar-refractivity contribution is 0.218. The minimum absolute atomic E-state index is 0.281. The highest BCUT2D eigenvalue weighted by Gasteiger charge is 2.16. The second-order valence-corrected chi connectivity index (χ2v) is 3.71. The maximum absolute atomic E-state index is 10.2. The topological polar surface area (TPSA) is 73.1 Å². The van der Waals surface area contributed by atoms with Gasteiger partial charge in [0.05, 0.1) is 13.3 Å². The van der Waals surface area contributed by atoms with Gasteiger partial charge in [-0.3, -0.25) is 4.68 Å². The third-order valence-electron chi connectivity index (χ3n) is 2.71. The van der Waals surface area contributed by atoms with E-state index in [-0.39, 0.29) is 6.01 Å². The molecule has 0 aliphatic heterocycles. The van der Waals surface area contributed by atoms with Crippen molar-refractivity contribution >= 4 is 0 Å². The van der Waals surface area contributed by atoms with E-state index < -0.39 is 6.10 Å². The summed E-state index contributed by atoms with van der Waals surface area (Å²) in [7, 11) is 3.33. The molecule has 0 radical (unpaired) electrons. The van der Waals surface area contributed by atoms with Crippen molar-refractivity contribution < 1.29 is 9.84 Å². The smallest absolute Gasteiger partial charge is 0.316 e. The molecule has 1 unspecified atom stereocenters. The molecule has 0 bridgehead atoms. The summed E-state index contributed by atoms with van der Waals surface area (Å²) in [6.07, 6.45) is 3.96. The highest BCUT2D eigenvalue weighted by Crippen LogP contribution is 2.23. The molecular weight excluding hydrogens is 220 g/mol. The monoisotopic (exact) mass is 234 g/mol. The van der Waals surface area contributed by atoms with Crippen LogP contribution in [0.1, 0.15) is 22.9 Å². The maximum atomic E-state index is 10.2. The van der Waals surface area contributed by atoms with Crippen LogP contribution in [-0.4, -0.2) is 32.0 Å². The predicted octanol–water partition coefficient (Wildman–Crippen LogP) is 0.609. The van der Waals surface area contributed by atoms with Gasteiger partial charge in [-0.1, -0.05) is 0 Å². The average Bonchev–Trinajstić information content (AvgIpc) is 2.69. The largest absolute Gasteiger partial charge is 0.467 e. The van der Waals surface area contributed by atoms with Gasteiger partial charge in [0.25, 0.3) is 0 Å². The van der Waals surface area contributed by atoms with Gasteiger partial charge in [-0.25, -0.2) is 9.97 Å². The van der Waals surface area contributed by atoms with Gasteiger partial charge < -0.3 is 9.84 Å². The summed E-state index contributed by atoms with van der Waals surface area (Å²) in [4.78, 5) is 7.92. The third-order valence-corrected chi connectivity index (χ3v) is 2.71. The molecule has 0 saturated heterocycles. The number of methoxy groups -OCH3 is 1. The van der Waals surface area contributed by atoms with Crippen LogP contribution in [0.25, 0.3) is 0 Å². The first-order valence-electron chi connectivity index (χ1n) is 5.16. The fraction of sp³-hybridized carbons (Fsp3) is 0.364. The van der Waals surface area contributed by atoms with Crippen molar-refractivity contribution in [2.24, 2.45) is 7.05 Å². The molecule has 2 heterocycles. The van der Waals surface area contributed by atoms with Gasteiger partial charge in [-0.05, 0) is 6.92 Å². The lowest BCUT2D eigenvalue weighted by atomic mass is 10.1. The summed E-state index contributed by atoms with van der Waals surface area (Å²) >= 11 is 0. The Labute approximate surface area is 98.9 Å². The Morgan fingerprint density at radius 3 is 2.41 bits per heavy atom. The normalized spacial score (nSPS) is 12.5. The van der Waals surface area contributed by atoms with Crippen LogP contribution in [0.5, 0.6) is 6.01 Å². The van der Waals surface area contributed by atoms with Crippen molar-refractivity contribution in [2.75, 3.05) is 7.11 Å². The number of aliphatic hydroxyl groups excluding tert-OH is 1. The quantitative estimate of drug-likeness (QED) is 0.842. The summed E-state index contributed by atoms with van der Waals surface area (Å²) in [6, 6.07) is 0.281. The molecule has 2 aromatic rings. The number of aryl methyl sites for hydroxylation is 1. The zero-order chi connectivity index (χ0) is 12.4. The SMILES string of the molecule is COc1ncc(C(O)c2cnn(C)c2C)cn1. The third kappa shape index (κ3) is 2.12. The van der Waals surface area contributed by atoms with E-state index in [0.29, 0.717) is 5.56 Å². The van der Waals surface area contributed by atoms with E-state index >= 15 is 0 Å². The first kappa shape index (κ1) is 11.5. The van der Waals surface area contributed by atoms with Gasteiger partial charge in [0.1, 0.15) is 6.10 Å². The van der Waals surface area contributed by atoms with Crippen molar-refractivity contribution in [2.45, 2.75) is 13.0 Å². The highest BCUT2D eigenvalue weighted by atomic mass is 16.5. The Morgan fingerprint density at radius 2 is 1.94 bits per heavy atom. The number of rotatable bonds is 3. The van der Waals surface area contributed by atoms with Crippen LogP contribution in [0.4, 0.5) is 0 Å². The second-order valence-electron chi connectivity index (χ2n) is 3.71. The zero-order valence-electron chi connectivity index (χ0n) is 9.95. The molecule has 2 aromatic heterocycles. The Bertz CT molecular complexity index is 507. The summed E-state index contributed by atoms with van der Waals surface area (Å²) < 4.78 is 6.57. The first-order chi connectivity index (χ1) is 8.13. The van der Waals surface area contributed by atoms with Crippen LogP contribution in [0.3, 0.4) is 0 Å². The number of hydrogen-bond donors (Lipinski definition) is 1. The van der Waals surface area contributed by atoms with Crippen LogP contribution in [0, 0.1) is 6.92 Å². The number of aliphatic hydroxyl groups is 1. The Kier molecular flexibility index (Phi) is 3.06. The van der Waals surface area contributed by atoms with E-state index in [0.717, 1.165) is 11.3 Å². The molecule has 1 N–H and O–H groups in total. The molecule has 0 saturated carbocycles. The van der Waals surface area contributed by atoms with Gasteiger partial charge in [-0.15, -0.1) is 0 Å². The predicted molar refractivity (Wildman–Crippen MR) is 60.6 cm³/mol. The summed E-state index contributed by atoms with van der Waals surface area (Å²) in [5.74, 6) is 0. The van der Waals surface area contributed by atoms with E-state index in [4.69, 9.17) is 4.74 Å². The van der Waals surface area contributed by atoms with Crippen molar-refractivity contribution in [1.82, 2.24) is 19.7 Å². The summed E-state index contributed by atoms with van der Waals surface area (Å²) in [6.45, 7) is 1.90. The lowest BCUT2D eigenvalue weighted by Gasteiger charge is -2.10. The van der Waals surface area contributed by atoms with E-state index in [2.05, 4.69) is 15.1 Å². The highest BCUT2D eigenvalue weighted by molar-refractivity contribution is 5.28. The molecule has 0 fully saturated rings. The Morgan fingerprint density at radius 1 is 1.29 bits per heavy atom. The van der Waals surface area contributed by atoms with Crippen LogP contribution in [0.15, 0.2) is 18.6 Å². The fourth-order valence-corrected chi connectivity index (χ4v) is 1.54. The Hall–Kier alpha value is -1.95. The van der Waals surface area contributed by atoms with Crippen LogP contribution in [0.2, 0.25) is 0 Å². The van der Waals surface area contributed by atoms with Crippen LogP contribution < -0.4 is 4.74 Å². The molecule has 1 atom stereocenters. The molecule has 90 valence electrons. The summed E-state index contributed by atoms with van der Waals surface area (Å²) in [5, 5.41) is 14.3. The molecule has 0 aromatic carbocycles. The Balaban J connectivity index is 2.30. The van der Waals surface area contributed by atoms with Gasteiger partial charge in [0, 0.05) is 36.3 Å². The molecule has 0 aliphatic carbocycles. The van der Waals surface area contributed by atoms with Gasteiger partial charge in [0.15, 0.2) is 0 Å². The number of hydrogen-bond acceptors (Lipinski definition) is 5. The van der Waals surface area contributed by atoms with Crippen molar-refractivity contribution in [3.8, 4) is 6.01 Å². The van der Waals surface area contributed by atoms with Crippen molar-refractivity contribution in [3.05, 3.63) is 35.4 Å². The van der Waals surface area contributed by atoms with E-state index in [9.17, 15) is 5.11 Å². The van der Waals surface area contributed by atoms with Crippen LogP contribution >= 0.6 is 0 Å². The molecular formula is C11H14N4O2. The van der Waals surface area contributed by atoms with Crippen molar-refractivity contribution in [3.63, 3.8) is 0 Å². The number of aromatic nitrogens is 4. The first-order valence-corrected chi connectivity index (χ1v) is 5.16. The fourth-order valence-electron chi connectivity index (χ4n) is 1.54. The van der Waals surface area contributed by atoms with Crippen molar-refractivity contribution in [1.29, 1.82) is 0 Å². The molecule has 0 spiro atoms. The zero-order valence-corrected chi connectivity index (χ0v) is 9.95. The standard InChI is InChI=1S/C11H14N4O2/c1-7-9(6-14-15(7)2)10(16)8-4-12-11(17-3)13-5-8/h4-6,10,16H,1-3H3. The molecule has 0 amide bonds. The lowest BCUT2D eigenvalue weighted by Crippen LogP contribution is -2.04. The second kappa shape index (κ2) is 4.50. The van der Waals surface area contributed by atoms with E-state index in [1.54, 1.807) is 23.3 Å². The summed E-state index contributed by atoms with van der Waals surface area (Å²) in [5.41, 5.74) is 2.27. The van der Waals surface area contributed by atoms with E-state index in [1.165, 1.54) is 7.11 Å². The number of nitrogens with zero attached hydrogens (tertiary/aromatic N) is 4. The minimum atomic E-state index is -0.769. The molecule has 17 heavy (non-hydrogen) atoms. The minimum Gasteiger partial charge on any atom is -0.467 e. The maximum Gasteiger partial charge on any atom is 0.316 e. The van der Waals surface area contributed by atoms with Gasteiger partial charge >= 0.3 is 6.01 Å². The number of ether oxygens (including phenoxy) is 1. The van der Waals surface area contributed by atoms with Gasteiger partial charge in [-0.2, -0.15) is 5.10 Å². The molecule has 2 rings (SSSR count). The molecule has 6 heteroatoms. The average molecular weight is 234 g/mol. The van der Waals surface area contributed by atoms with Gasteiger partial charge in [0.2, 0.25) is 0 Å². The van der Waals surface area contributed by atoms with E-state index in [1.807, 2.05) is 14.0 Å².